The highest BCUT2D eigenvalue weighted by atomic mass is 16.5. The van der Waals surface area contributed by atoms with E-state index in [9.17, 15) is 5.11 Å². The third-order valence-electron chi connectivity index (χ3n) is 3.52. The van der Waals surface area contributed by atoms with E-state index in [-0.39, 0.29) is 12.2 Å². The number of benzene rings is 1. The van der Waals surface area contributed by atoms with Crippen molar-refractivity contribution in [2.45, 2.75) is 52.7 Å². The summed E-state index contributed by atoms with van der Waals surface area (Å²) in [4.78, 5) is 0. The van der Waals surface area contributed by atoms with E-state index in [2.05, 4.69) is 19.2 Å². The van der Waals surface area contributed by atoms with Crippen LogP contribution >= 0.6 is 0 Å². The third kappa shape index (κ3) is 4.60. The van der Waals surface area contributed by atoms with Crippen LogP contribution in [0, 0.1) is 5.92 Å². The molecule has 1 aromatic carbocycles. The molecular formula is C16H28N2O2. The molecule has 0 aromatic heterocycles. The van der Waals surface area contributed by atoms with Crippen molar-refractivity contribution < 1.29 is 9.84 Å². The van der Waals surface area contributed by atoms with Gasteiger partial charge in [0, 0.05) is 6.54 Å². The van der Waals surface area contributed by atoms with Crippen LogP contribution in [0.4, 0.5) is 11.4 Å². The van der Waals surface area contributed by atoms with Crippen LogP contribution in [0.25, 0.3) is 0 Å². The quantitative estimate of drug-likeness (QED) is 0.639. The summed E-state index contributed by atoms with van der Waals surface area (Å²) in [7, 11) is 0. The minimum Gasteiger partial charge on any atom is -0.489 e. The van der Waals surface area contributed by atoms with Gasteiger partial charge in [-0.1, -0.05) is 32.8 Å². The maximum absolute atomic E-state index is 10.1. The molecule has 1 atom stereocenters. The van der Waals surface area contributed by atoms with Crippen molar-refractivity contribution in [1.29, 1.82) is 0 Å². The van der Waals surface area contributed by atoms with Crippen LogP contribution in [0.3, 0.4) is 0 Å². The zero-order chi connectivity index (χ0) is 15.1. The molecule has 0 aliphatic rings. The van der Waals surface area contributed by atoms with Crippen LogP contribution in [0.5, 0.6) is 5.75 Å². The van der Waals surface area contributed by atoms with E-state index in [1.165, 1.54) is 0 Å². The van der Waals surface area contributed by atoms with E-state index in [1.807, 2.05) is 32.0 Å². The van der Waals surface area contributed by atoms with Crippen molar-refractivity contribution in [3.8, 4) is 5.75 Å². The summed E-state index contributed by atoms with van der Waals surface area (Å²) in [6.45, 7) is 8.64. The van der Waals surface area contributed by atoms with Crippen LogP contribution < -0.4 is 15.8 Å². The van der Waals surface area contributed by atoms with Crippen LogP contribution in [0.1, 0.15) is 40.5 Å². The van der Waals surface area contributed by atoms with Gasteiger partial charge in [0.15, 0.2) is 0 Å². The van der Waals surface area contributed by atoms with Crippen LogP contribution in [0.15, 0.2) is 18.2 Å². The molecule has 0 aliphatic carbocycles. The number of nitrogens with one attached hydrogen (secondary N) is 1. The van der Waals surface area contributed by atoms with Crippen molar-refractivity contribution in [2.24, 2.45) is 5.92 Å². The summed E-state index contributed by atoms with van der Waals surface area (Å²) in [5.41, 5.74) is 7.50. The lowest BCUT2D eigenvalue weighted by Gasteiger charge is -2.22. The van der Waals surface area contributed by atoms with Gasteiger partial charge < -0.3 is 20.9 Å². The summed E-state index contributed by atoms with van der Waals surface area (Å²) in [5, 5.41) is 13.4. The number of ether oxygens (including phenoxy) is 1. The van der Waals surface area contributed by atoms with Crippen LogP contribution in [0.2, 0.25) is 0 Å². The van der Waals surface area contributed by atoms with Gasteiger partial charge in [0.2, 0.25) is 0 Å². The van der Waals surface area contributed by atoms with E-state index >= 15 is 0 Å². The Kier molecular flexibility index (Phi) is 6.65. The van der Waals surface area contributed by atoms with Gasteiger partial charge in [0.25, 0.3) is 0 Å². The van der Waals surface area contributed by atoms with Crippen LogP contribution in [-0.4, -0.2) is 23.9 Å². The van der Waals surface area contributed by atoms with Gasteiger partial charge in [-0.15, -0.1) is 0 Å². The maximum atomic E-state index is 10.1. The number of anilines is 2. The average molecular weight is 280 g/mol. The molecule has 4 heteroatoms. The second-order valence-corrected chi connectivity index (χ2v) is 5.41. The number of aliphatic hydroxyl groups excluding tert-OH is 1. The second kappa shape index (κ2) is 8.00. The fourth-order valence-corrected chi connectivity index (χ4v) is 2.27. The summed E-state index contributed by atoms with van der Waals surface area (Å²) in [6.07, 6.45) is 1.68. The molecule has 0 radical (unpaired) electrons. The van der Waals surface area contributed by atoms with Crippen molar-refractivity contribution in [1.82, 2.24) is 0 Å². The predicted molar refractivity (Wildman–Crippen MR) is 85.2 cm³/mol. The Morgan fingerprint density at radius 2 is 1.90 bits per heavy atom. The molecule has 114 valence electrons. The SMILES string of the molecule is CCC(CC)C(O)CNc1cccc(OC(C)C)c1N. The van der Waals surface area contributed by atoms with E-state index < -0.39 is 0 Å². The minimum atomic E-state index is -0.362. The minimum absolute atomic E-state index is 0.0858. The lowest BCUT2D eigenvalue weighted by molar-refractivity contribution is 0.114. The van der Waals surface area contributed by atoms with E-state index in [0.29, 0.717) is 23.9 Å². The van der Waals surface area contributed by atoms with Gasteiger partial charge in [0.1, 0.15) is 5.75 Å². The number of hydrogen-bond acceptors (Lipinski definition) is 4. The van der Waals surface area contributed by atoms with E-state index in [1.54, 1.807) is 0 Å². The first-order valence-electron chi connectivity index (χ1n) is 7.46. The Morgan fingerprint density at radius 3 is 2.45 bits per heavy atom. The summed E-state index contributed by atoms with van der Waals surface area (Å²) in [5.74, 6) is 1.00. The van der Waals surface area contributed by atoms with Gasteiger partial charge in [-0.25, -0.2) is 0 Å². The third-order valence-corrected chi connectivity index (χ3v) is 3.52. The van der Waals surface area contributed by atoms with Gasteiger partial charge in [-0.3, -0.25) is 0 Å². The monoisotopic (exact) mass is 280 g/mol. The molecular weight excluding hydrogens is 252 g/mol. The van der Waals surface area contributed by atoms with E-state index in [4.69, 9.17) is 10.5 Å². The summed E-state index contributed by atoms with van der Waals surface area (Å²) < 4.78 is 5.65. The lowest BCUT2D eigenvalue weighted by atomic mass is 9.96. The first-order valence-corrected chi connectivity index (χ1v) is 7.46. The molecule has 1 rings (SSSR count). The largest absolute Gasteiger partial charge is 0.489 e. The van der Waals surface area contributed by atoms with Gasteiger partial charge >= 0.3 is 0 Å². The average Bonchev–Trinajstić information content (AvgIpc) is 2.40. The Hall–Kier alpha value is -1.42. The highest BCUT2D eigenvalue weighted by Crippen LogP contribution is 2.30. The fraction of sp³-hybridized carbons (Fsp3) is 0.625. The predicted octanol–water partition coefficient (Wildman–Crippen LogP) is 3.27. The molecule has 0 saturated heterocycles. The lowest BCUT2D eigenvalue weighted by Crippen LogP contribution is -2.28. The molecule has 0 spiro atoms. The van der Waals surface area contributed by atoms with Gasteiger partial charge in [-0.2, -0.15) is 0 Å². The Balaban J connectivity index is 2.68. The molecule has 0 saturated carbocycles. The first-order chi connectivity index (χ1) is 9.49. The number of nitrogen functional groups attached to an aromatic ring is 1. The number of aliphatic hydroxyl groups is 1. The smallest absolute Gasteiger partial charge is 0.144 e. The molecule has 20 heavy (non-hydrogen) atoms. The van der Waals surface area contributed by atoms with Gasteiger partial charge in [0.05, 0.1) is 23.6 Å². The summed E-state index contributed by atoms with van der Waals surface area (Å²) >= 11 is 0. The normalized spacial score (nSPS) is 12.8. The second-order valence-electron chi connectivity index (χ2n) is 5.41. The Labute approximate surface area is 122 Å². The number of hydrogen-bond donors (Lipinski definition) is 3. The standard InChI is InChI=1S/C16H28N2O2/c1-5-12(6-2)14(19)10-18-13-8-7-9-15(16(13)17)20-11(3)4/h7-9,11-12,14,18-19H,5-6,10,17H2,1-4H3. The molecule has 1 aromatic rings. The molecule has 0 amide bonds. The highest BCUT2D eigenvalue weighted by Gasteiger charge is 2.16. The maximum Gasteiger partial charge on any atom is 0.144 e. The van der Waals surface area contributed by atoms with Crippen molar-refractivity contribution in [3.63, 3.8) is 0 Å². The first kappa shape index (κ1) is 16.6. The molecule has 1 unspecified atom stereocenters. The molecule has 0 heterocycles. The molecule has 0 bridgehead atoms. The zero-order valence-electron chi connectivity index (χ0n) is 13.0. The summed E-state index contributed by atoms with van der Waals surface area (Å²) in [6, 6.07) is 5.67. The van der Waals surface area contributed by atoms with Crippen LogP contribution in [-0.2, 0) is 0 Å². The molecule has 4 N–H and O–H groups in total. The topological polar surface area (TPSA) is 67.5 Å². The van der Waals surface area contributed by atoms with Crippen molar-refractivity contribution in [3.05, 3.63) is 18.2 Å². The zero-order valence-corrected chi connectivity index (χ0v) is 13.0. The fourth-order valence-electron chi connectivity index (χ4n) is 2.27. The molecule has 0 aliphatic heterocycles. The molecule has 0 fully saturated rings. The number of nitrogens with two attached hydrogens (primary N) is 1. The van der Waals surface area contributed by atoms with Gasteiger partial charge in [-0.05, 0) is 31.9 Å². The van der Waals surface area contributed by atoms with E-state index in [0.717, 1.165) is 18.5 Å². The molecule has 4 nitrogen and oxygen atoms in total. The Morgan fingerprint density at radius 1 is 1.25 bits per heavy atom. The number of rotatable bonds is 8. The van der Waals surface area contributed by atoms with Crippen molar-refractivity contribution in [2.75, 3.05) is 17.6 Å². The number of para-hydroxylation sites is 1. The van der Waals surface area contributed by atoms with Crippen molar-refractivity contribution >= 4 is 11.4 Å². The Bertz CT molecular complexity index is 403. The highest BCUT2D eigenvalue weighted by molar-refractivity contribution is 5.72.